The number of hydrogen-bond acceptors (Lipinski definition) is 4. The number of hydrogen-bond donors (Lipinski definition) is 0. The maximum absolute atomic E-state index is 12.2. The van der Waals surface area contributed by atoms with E-state index in [1.807, 2.05) is 0 Å². The first-order valence-electron chi connectivity index (χ1n) is 6.47. The second-order valence-electron chi connectivity index (χ2n) is 5.05. The molecule has 2 aromatic rings. The van der Waals surface area contributed by atoms with Crippen LogP contribution in [0.15, 0.2) is 41.3 Å². The van der Waals surface area contributed by atoms with Crippen LogP contribution in [0.4, 0.5) is 0 Å². The van der Waals surface area contributed by atoms with E-state index in [1.165, 1.54) is 12.1 Å². The first-order chi connectivity index (χ1) is 10.2. The van der Waals surface area contributed by atoms with Crippen molar-refractivity contribution in [1.82, 2.24) is 0 Å². The van der Waals surface area contributed by atoms with Crippen molar-refractivity contribution in [2.75, 3.05) is 6.26 Å². The molecule has 0 saturated heterocycles. The van der Waals surface area contributed by atoms with E-state index in [0.29, 0.717) is 16.3 Å². The fourth-order valence-corrected chi connectivity index (χ4v) is 3.23. The highest BCUT2D eigenvalue weighted by Crippen LogP contribution is 2.24. The Kier molecular flexibility index (Phi) is 4.58. The van der Waals surface area contributed by atoms with Crippen LogP contribution in [-0.2, 0) is 9.84 Å². The van der Waals surface area contributed by atoms with E-state index >= 15 is 0 Å². The SMILES string of the molecule is Cc1cc(Cl)ccc1OC(=O)c1ccc(C)c(S(C)(=O)=O)c1. The highest BCUT2D eigenvalue weighted by molar-refractivity contribution is 7.90. The summed E-state index contributed by atoms with van der Waals surface area (Å²) in [6.07, 6.45) is 1.10. The zero-order chi connectivity index (χ0) is 16.5. The van der Waals surface area contributed by atoms with Gasteiger partial charge < -0.3 is 4.74 Å². The minimum atomic E-state index is -3.40. The molecular formula is C16H15ClO4S. The maximum Gasteiger partial charge on any atom is 0.343 e. The monoisotopic (exact) mass is 338 g/mol. The number of carbonyl (C=O) groups excluding carboxylic acids is 1. The summed E-state index contributed by atoms with van der Waals surface area (Å²) in [7, 11) is -3.40. The van der Waals surface area contributed by atoms with Gasteiger partial charge in [-0.25, -0.2) is 13.2 Å². The van der Waals surface area contributed by atoms with Gasteiger partial charge in [-0.05, 0) is 55.3 Å². The third kappa shape index (κ3) is 3.67. The summed E-state index contributed by atoms with van der Waals surface area (Å²) < 4.78 is 28.7. The molecule has 22 heavy (non-hydrogen) atoms. The maximum atomic E-state index is 12.2. The van der Waals surface area contributed by atoms with Gasteiger partial charge in [-0.3, -0.25) is 0 Å². The normalized spacial score (nSPS) is 11.3. The lowest BCUT2D eigenvalue weighted by Gasteiger charge is -2.09. The zero-order valence-corrected chi connectivity index (χ0v) is 14.0. The number of rotatable bonds is 3. The highest BCUT2D eigenvalue weighted by atomic mass is 35.5. The molecule has 2 rings (SSSR count). The number of benzene rings is 2. The minimum Gasteiger partial charge on any atom is -0.423 e. The molecule has 0 radical (unpaired) electrons. The summed E-state index contributed by atoms with van der Waals surface area (Å²) in [5, 5.41) is 0.548. The lowest BCUT2D eigenvalue weighted by atomic mass is 10.1. The van der Waals surface area contributed by atoms with E-state index in [0.717, 1.165) is 11.8 Å². The molecule has 0 aliphatic carbocycles. The summed E-state index contributed by atoms with van der Waals surface area (Å²) in [6, 6.07) is 9.36. The first kappa shape index (κ1) is 16.5. The highest BCUT2D eigenvalue weighted by Gasteiger charge is 2.16. The fourth-order valence-electron chi connectivity index (χ4n) is 2.01. The van der Waals surface area contributed by atoms with Gasteiger partial charge >= 0.3 is 5.97 Å². The van der Waals surface area contributed by atoms with Crippen LogP contribution >= 0.6 is 11.6 Å². The number of esters is 1. The van der Waals surface area contributed by atoms with Gasteiger partial charge in [0.15, 0.2) is 9.84 Å². The lowest BCUT2D eigenvalue weighted by molar-refractivity contribution is 0.0733. The van der Waals surface area contributed by atoms with Gasteiger partial charge in [0.1, 0.15) is 5.75 Å². The Hall–Kier alpha value is -1.85. The molecule has 0 heterocycles. The van der Waals surface area contributed by atoms with Crippen molar-refractivity contribution in [3.63, 3.8) is 0 Å². The van der Waals surface area contributed by atoms with Gasteiger partial charge in [-0.1, -0.05) is 17.7 Å². The molecule has 4 nitrogen and oxygen atoms in total. The number of ether oxygens (including phenoxy) is 1. The molecule has 0 aliphatic rings. The molecule has 6 heteroatoms. The van der Waals surface area contributed by atoms with Crippen molar-refractivity contribution in [3.05, 3.63) is 58.1 Å². The van der Waals surface area contributed by atoms with E-state index in [2.05, 4.69) is 0 Å². The lowest BCUT2D eigenvalue weighted by Crippen LogP contribution is -2.11. The van der Waals surface area contributed by atoms with Crippen LogP contribution in [0.2, 0.25) is 5.02 Å². The number of sulfone groups is 1. The Labute approximate surface area is 134 Å². The van der Waals surface area contributed by atoms with Crippen molar-refractivity contribution in [3.8, 4) is 5.75 Å². The van der Waals surface area contributed by atoms with Crippen molar-refractivity contribution in [2.45, 2.75) is 18.7 Å². The average Bonchev–Trinajstić information content (AvgIpc) is 2.41. The Morgan fingerprint density at radius 1 is 1.05 bits per heavy atom. The summed E-state index contributed by atoms with van der Waals surface area (Å²) >= 11 is 5.85. The molecule has 0 spiro atoms. The van der Waals surface area contributed by atoms with Gasteiger partial charge in [-0.15, -0.1) is 0 Å². The quantitative estimate of drug-likeness (QED) is 0.634. The van der Waals surface area contributed by atoms with Crippen molar-refractivity contribution < 1.29 is 17.9 Å². The topological polar surface area (TPSA) is 60.4 Å². The summed E-state index contributed by atoms with van der Waals surface area (Å²) in [6.45, 7) is 3.44. The summed E-state index contributed by atoms with van der Waals surface area (Å²) in [5.74, 6) is -0.230. The standard InChI is InChI=1S/C16H15ClO4S/c1-10-4-5-12(9-15(10)22(3,19)20)16(18)21-14-7-6-13(17)8-11(14)2/h4-9H,1-3H3. The molecule has 0 N–H and O–H groups in total. The Morgan fingerprint density at radius 2 is 1.73 bits per heavy atom. The van der Waals surface area contributed by atoms with Crippen LogP contribution in [0.3, 0.4) is 0 Å². The molecule has 0 amide bonds. The van der Waals surface area contributed by atoms with Gasteiger partial charge in [-0.2, -0.15) is 0 Å². The van der Waals surface area contributed by atoms with E-state index in [9.17, 15) is 13.2 Å². The van der Waals surface area contributed by atoms with Gasteiger partial charge in [0.2, 0.25) is 0 Å². The van der Waals surface area contributed by atoms with Crippen LogP contribution < -0.4 is 4.74 Å². The third-order valence-electron chi connectivity index (χ3n) is 3.16. The van der Waals surface area contributed by atoms with Gasteiger partial charge in [0.05, 0.1) is 10.5 Å². The van der Waals surface area contributed by atoms with E-state index in [1.54, 1.807) is 38.1 Å². The third-order valence-corrected chi connectivity index (χ3v) is 4.64. The fraction of sp³-hybridized carbons (Fsp3) is 0.188. The average molecular weight is 339 g/mol. The molecule has 0 bridgehead atoms. The molecule has 0 saturated carbocycles. The van der Waals surface area contributed by atoms with E-state index in [4.69, 9.17) is 16.3 Å². The van der Waals surface area contributed by atoms with Crippen molar-refractivity contribution >= 4 is 27.4 Å². The van der Waals surface area contributed by atoms with Gasteiger partial charge in [0, 0.05) is 11.3 Å². The molecule has 0 aromatic heterocycles. The minimum absolute atomic E-state index is 0.120. The zero-order valence-electron chi connectivity index (χ0n) is 12.4. The van der Waals surface area contributed by atoms with Crippen molar-refractivity contribution in [2.24, 2.45) is 0 Å². The second-order valence-corrected chi connectivity index (χ2v) is 7.47. The van der Waals surface area contributed by atoms with Gasteiger partial charge in [0.25, 0.3) is 0 Å². The number of aryl methyl sites for hydroxylation is 2. The molecule has 0 aliphatic heterocycles. The Bertz CT molecular complexity index is 841. The van der Waals surface area contributed by atoms with E-state index in [-0.39, 0.29) is 10.5 Å². The largest absolute Gasteiger partial charge is 0.423 e. The Morgan fingerprint density at radius 3 is 2.32 bits per heavy atom. The van der Waals surface area contributed by atoms with Crippen LogP contribution in [0, 0.1) is 13.8 Å². The number of halogens is 1. The molecular weight excluding hydrogens is 324 g/mol. The van der Waals surface area contributed by atoms with Crippen LogP contribution in [0.5, 0.6) is 5.75 Å². The Balaban J connectivity index is 2.34. The van der Waals surface area contributed by atoms with Crippen LogP contribution in [0.25, 0.3) is 0 Å². The molecule has 0 unspecified atom stereocenters. The van der Waals surface area contributed by atoms with Crippen LogP contribution in [-0.4, -0.2) is 20.6 Å². The smallest absolute Gasteiger partial charge is 0.343 e. The predicted molar refractivity (Wildman–Crippen MR) is 85.4 cm³/mol. The molecule has 116 valence electrons. The van der Waals surface area contributed by atoms with Crippen molar-refractivity contribution in [1.29, 1.82) is 0 Å². The molecule has 2 aromatic carbocycles. The van der Waals surface area contributed by atoms with E-state index < -0.39 is 15.8 Å². The molecule has 0 fully saturated rings. The molecule has 0 atom stereocenters. The van der Waals surface area contributed by atoms with Crippen LogP contribution in [0.1, 0.15) is 21.5 Å². The number of carbonyl (C=O) groups is 1. The predicted octanol–water partition coefficient (Wildman–Crippen LogP) is 3.58. The summed E-state index contributed by atoms with van der Waals surface area (Å²) in [4.78, 5) is 12.3. The second kappa shape index (κ2) is 6.10. The summed E-state index contributed by atoms with van der Waals surface area (Å²) in [5.41, 5.74) is 1.48. The first-order valence-corrected chi connectivity index (χ1v) is 8.74.